The van der Waals surface area contributed by atoms with Crippen molar-refractivity contribution in [1.29, 1.82) is 0 Å². The van der Waals surface area contributed by atoms with Gasteiger partial charge in [0.2, 0.25) is 0 Å². The van der Waals surface area contributed by atoms with Crippen LogP contribution in [0.1, 0.15) is 116 Å². The van der Waals surface area contributed by atoms with E-state index in [2.05, 4.69) is 95.2 Å². The molecule has 0 atom stereocenters. The second-order valence-corrected chi connectivity index (χ2v) is 14.9. The Morgan fingerprint density at radius 2 is 0.825 bits per heavy atom. The van der Waals surface area contributed by atoms with Crippen LogP contribution >= 0.6 is 0 Å². The molecule has 40 heavy (non-hydrogen) atoms. The van der Waals surface area contributed by atoms with Crippen LogP contribution in [0.4, 0.5) is 11.4 Å². The van der Waals surface area contributed by atoms with Gasteiger partial charge in [-0.15, -0.1) is 0 Å². The molecule has 214 valence electrons. The summed E-state index contributed by atoms with van der Waals surface area (Å²) in [4.78, 5) is 9.59. The number of hydrogen-bond donors (Lipinski definition) is 2. The Labute approximate surface area is 241 Å². The molecule has 0 spiro atoms. The lowest BCUT2D eigenvalue weighted by Crippen LogP contribution is -2.18. The van der Waals surface area contributed by atoms with E-state index in [1.54, 1.807) is 12.4 Å². The highest BCUT2D eigenvalue weighted by molar-refractivity contribution is 5.91. The summed E-state index contributed by atoms with van der Waals surface area (Å²) < 4.78 is 0. The molecule has 2 N–H and O–H groups in total. The van der Waals surface area contributed by atoms with Crippen LogP contribution in [0.5, 0.6) is 11.5 Å². The van der Waals surface area contributed by atoms with Crippen LogP contribution in [-0.4, -0.2) is 22.6 Å². The van der Waals surface area contributed by atoms with Gasteiger partial charge in [0.05, 0.1) is 11.4 Å². The number of aliphatic imine (C=N–C) groups is 2. The summed E-state index contributed by atoms with van der Waals surface area (Å²) in [7, 11) is 0. The molecule has 4 nitrogen and oxygen atoms in total. The molecule has 0 saturated heterocycles. The van der Waals surface area contributed by atoms with Crippen molar-refractivity contribution >= 4 is 23.8 Å². The van der Waals surface area contributed by atoms with Crippen LogP contribution in [0.15, 0.2) is 58.5 Å². The molecule has 0 aliphatic heterocycles. The molecule has 0 bridgehead atoms. The number of para-hydroxylation sites is 2. The zero-order chi connectivity index (χ0) is 30.3. The number of benzene rings is 3. The number of hydrogen-bond acceptors (Lipinski definition) is 4. The molecule has 0 aliphatic carbocycles. The van der Waals surface area contributed by atoms with E-state index in [9.17, 15) is 10.2 Å². The van der Waals surface area contributed by atoms with Gasteiger partial charge in [0, 0.05) is 23.6 Å². The van der Waals surface area contributed by atoms with Crippen molar-refractivity contribution in [2.75, 3.05) is 0 Å². The zero-order valence-electron chi connectivity index (χ0n) is 26.6. The fraction of sp³-hybridized carbons (Fsp3) is 0.444. The summed E-state index contributed by atoms with van der Waals surface area (Å²) in [5, 5.41) is 22.1. The summed E-state index contributed by atoms with van der Waals surface area (Å²) in [6, 6.07) is 15.7. The SMILES string of the molecule is CC(C)(C)c1cc(O)c(C=Nc2ccccc2N=Cc2c(O)cc(C(C)(C)C)cc2C(C)(C)C)c(C(C)(C)C)c1. The molecule has 3 aromatic rings. The molecular formula is C36H48N2O2. The maximum Gasteiger partial charge on any atom is 0.124 e. The lowest BCUT2D eigenvalue weighted by molar-refractivity contribution is 0.464. The standard InChI is InChI=1S/C36H48N2O2/c1-33(2,3)23-17-27(35(7,8)9)25(31(39)19-23)21-37-29-15-13-14-16-30(29)38-22-26-28(36(10,11)12)18-24(20-32(26)40)34(4,5)6/h13-22,39-40H,1-12H3. The average Bonchev–Trinajstić information content (AvgIpc) is 2.79. The highest BCUT2D eigenvalue weighted by atomic mass is 16.3. The van der Waals surface area contributed by atoms with E-state index in [1.165, 1.54) is 0 Å². The first-order chi connectivity index (χ1) is 18.2. The van der Waals surface area contributed by atoms with E-state index in [4.69, 9.17) is 9.98 Å². The van der Waals surface area contributed by atoms with Crippen molar-refractivity contribution in [1.82, 2.24) is 0 Å². The Morgan fingerprint density at radius 3 is 1.10 bits per heavy atom. The van der Waals surface area contributed by atoms with Crippen molar-refractivity contribution in [3.63, 3.8) is 0 Å². The minimum absolute atomic E-state index is 0.0863. The predicted molar refractivity (Wildman–Crippen MR) is 172 cm³/mol. The molecule has 0 aromatic heterocycles. The molecule has 0 aliphatic rings. The average molecular weight is 541 g/mol. The Morgan fingerprint density at radius 1 is 0.500 bits per heavy atom. The molecule has 0 fully saturated rings. The minimum Gasteiger partial charge on any atom is -0.507 e. The smallest absolute Gasteiger partial charge is 0.124 e. The van der Waals surface area contributed by atoms with Crippen LogP contribution in [-0.2, 0) is 21.7 Å². The molecule has 4 heteroatoms. The molecule has 0 saturated carbocycles. The maximum absolute atomic E-state index is 11.1. The van der Waals surface area contributed by atoms with Crippen molar-refractivity contribution in [3.05, 3.63) is 81.9 Å². The van der Waals surface area contributed by atoms with Gasteiger partial charge in [0.15, 0.2) is 0 Å². The van der Waals surface area contributed by atoms with Crippen molar-refractivity contribution in [2.24, 2.45) is 9.98 Å². The van der Waals surface area contributed by atoms with Gasteiger partial charge in [0.25, 0.3) is 0 Å². The Hall–Kier alpha value is -3.40. The van der Waals surface area contributed by atoms with Gasteiger partial charge in [0.1, 0.15) is 11.5 Å². The number of phenolic OH excluding ortho intramolecular Hbond substituents is 2. The summed E-state index contributed by atoms with van der Waals surface area (Å²) >= 11 is 0. The maximum atomic E-state index is 11.1. The van der Waals surface area contributed by atoms with E-state index in [-0.39, 0.29) is 33.2 Å². The summed E-state index contributed by atoms with van der Waals surface area (Å²) in [5.74, 6) is 0.446. The van der Waals surface area contributed by atoms with Gasteiger partial charge in [-0.2, -0.15) is 0 Å². The van der Waals surface area contributed by atoms with E-state index >= 15 is 0 Å². The first-order valence-electron chi connectivity index (χ1n) is 14.1. The summed E-state index contributed by atoms with van der Waals surface area (Å²) in [6.07, 6.45) is 3.49. The first-order valence-corrected chi connectivity index (χ1v) is 14.1. The summed E-state index contributed by atoms with van der Waals surface area (Å²) in [6.45, 7) is 25.8. The molecule has 0 heterocycles. The monoisotopic (exact) mass is 540 g/mol. The molecular weight excluding hydrogens is 492 g/mol. The van der Waals surface area contributed by atoms with Gasteiger partial charge >= 0.3 is 0 Å². The highest BCUT2D eigenvalue weighted by Crippen LogP contribution is 2.38. The second kappa shape index (κ2) is 10.9. The molecule has 0 unspecified atom stereocenters. The van der Waals surface area contributed by atoms with E-state index in [0.29, 0.717) is 22.5 Å². The lowest BCUT2D eigenvalue weighted by atomic mass is 9.78. The van der Waals surface area contributed by atoms with Crippen LogP contribution in [0.3, 0.4) is 0 Å². The van der Waals surface area contributed by atoms with Crippen LogP contribution < -0.4 is 0 Å². The number of phenols is 2. The van der Waals surface area contributed by atoms with Gasteiger partial charge in [-0.3, -0.25) is 9.98 Å². The minimum atomic E-state index is -0.183. The number of nitrogens with zero attached hydrogens (tertiary/aromatic N) is 2. The topological polar surface area (TPSA) is 65.2 Å². The zero-order valence-corrected chi connectivity index (χ0v) is 26.6. The Kier molecular flexibility index (Phi) is 8.46. The van der Waals surface area contributed by atoms with Crippen LogP contribution in [0, 0.1) is 0 Å². The Bertz CT molecular complexity index is 1320. The number of aromatic hydroxyl groups is 2. The third kappa shape index (κ3) is 7.21. The lowest BCUT2D eigenvalue weighted by Gasteiger charge is -2.27. The fourth-order valence-electron chi connectivity index (χ4n) is 4.60. The molecule has 0 radical (unpaired) electrons. The van der Waals surface area contributed by atoms with Crippen molar-refractivity contribution < 1.29 is 10.2 Å². The van der Waals surface area contributed by atoms with E-state index in [0.717, 1.165) is 22.3 Å². The molecule has 3 aromatic carbocycles. The van der Waals surface area contributed by atoms with Gasteiger partial charge < -0.3 is 10.2 Å². The Balaban J connectivity index is 2.10. The van der Waals surface area contributed by atoms with Gasteiger partial charge in [-0.1, -0.05) is 107 Å². The van der Waals surface area contributed by atoms with Crippen LogP contribution in [0.2, 0.25) is 0 Å². The summed E-state index contributed by atoms with van der Waals surface area (Å²) in [5.41, 5.74) is 6.51. The second-order valence-electron chi connectivity index (χ2n) is 14.9. The van der Waals surface area contributed by atoms with Gasteiger partial charge in [-0.25, -0.2) is 0 Å². The van der Waals surface area contributed by atoms with Crippen molar-refractivity contribution in [3.8, 4) is 11.5 Å². The fourth-order valence-corrected chi connectivity index (χ4v) is 4.60. The predicted octanol–water partition coefficient (Wildman–Crippen LogP) is 9.79. The third-order valence-corrected chi connectivity index (χ3v) is 7.21. The number of rotatable bonds is 4. The third-order valence-electron chi connectivity index (χ3n) is 7.21. The van der Waals surface area contributed by atoms with Gasteiger partial charge in [-0.05, 0) is 68.2 Å². The normalized spacial score (nSPS) is 13.5. The highest BCUT2D eigenvalue weighted by Gasteiger charge is 2.26. The largest absolute Gasteiger partial charge is 0.507 e. The molecule has 3 rings (SSSR count). The molecule has 0 amide bonds. The van der Waals surface area contributed by atoms with Crippen molar-refractivity contribution in [2.45, 2.75) is 105 Å². The van der Waals surface area contributed by atoms with E-state index in [1.807, 2.05) is 36.4 Å². The van der Waals surface area contributed by atoms with Crippen LogP contribution in [0.25, 0.3) is 0 Å². The van der Waals surface area contributed by atoms with E-state index < -0.39 is 0 Å². The quantitative estimate of drug-likeness (QED) is 0.323. The first kappa shape index (κ1) is 31.1.